The van der Waals surface area contributed by atoms with Crippen LogP contribution in [0, 0.1) is 0 Å². The molecule has 1 aliphatic heterocycles. The van der Waals surface area contributed by atoms with Gasteiger partial charge in [-0.3, -0.25) is 4.90 Å². The van der Waals surface area contributed by atoms with Gasteiger partial charge in [0.2, 0.25) is 5.88 Å². The zero-order chi connectivity index (χ0) is 37.0. The molecular weight excluding hydrogens is 671 g/mol. The van der Waals surface area contributed by atoms with Crippen LogP contribution in [0.5, 0.6) is 0 Å². The van der Waals surface area contributed by atoms with Gasteiger partial charge in [0.1, 0.15) is 0 Å². The Balaban J connectivity index is 1.05. The number of nitrogens with zero attached hydrogens (tertiary/aromatic N) is 1. The summed E-state index contributed by atoms with van der Waals surface area (Å²) in [5.41, 5.74) is 17.0. The van der Waals surface area contributed by atoms with E-state index in [9.17, 15) is 0 Å². The fourth-order valence-electron chi connectivity index (χ4n) is 10.4. The Kier molecular flexibility index (Phi) is 8.13. The number of rotatable bonds is 9. The Morgan fingerprint density at radius 1 is 0.691 bits per heavy atom. The maximum Gasteiger partial charge on any atom is 0.202 e. The van der Waals surface area contributed by atoms with E-state index in [1.54, 1.807) is 6.26 Å². The average Bonchev–Trinajstić information content (AvgIpc) is 4.07. The van der Waals surface area contributed by atoms with Gasteiger partial charge in [0, 0.05) is 23.6 Å². The van der Waals surface area contributed by atoms with Gasteiger partial charge >= 0.3 is 0 Å². The fourth-order valence-corrected chi connectivity index (χ4v) is 10.4. The first-order valence-corrected chi connectivity index (χ1v) is 19.9. The smallest absolute Gasteiger partial charge is 0.202 e. The molecule has 3 nitrogen and oxygen atoms in total. The highest BCUT2D eigenvalue weighted by atomic mass is 16.5. The minimum atomic E-state index is -0.405. The van der Waals surface area contributed by atoms with E-state index in [0.717, 1.165) is 38.0 Å². The van der Waals surface area contributed by atoms with Crippen molar-refractivity contribution in [3.63, 3.8) is 0 Å². The quantitative estimate of drug-likeness (QED) is 0.139. The number of hydrogen-bond acceptors (Lipinski definition) is 3. The molecule has 0 spiro atoms. The number of ether oxygens (including phenoxy) is 1. The summed E-state index contributed by atoms with van der Waals surface area (Å²) in [6, 6.07) is 49.2. The predicted molar refractivity (Wildman–Crippen MR) is 225 cm³/mol. The van der Waals surface area contributed by atoms with Gasteiger partial charge in [-0.05, 0) is 111 Å². The molecule has 0 radical (unpaired) electrons. The minimum Gasteiger partial charge on any atom is -0.478 e. The SMILES string of the molecule is CCC1(CC)C2=C(CCC(N(c3ccco3)C3CC=CO3)=C2)c2ccc(/C=C/c3cccc4c3-c3ccccc3C4(c3ccccc3)c3ccccc3)cc21. The van der Waals surface area contributed by atoms with Crippen molar-refractivity contribution in [3.05, 3.63) is 214 Å². The normalized spacial score (nSPS) is 18.4. The fraction of sp³-hybridized carbons (Fsp3) is 0.192. The Hall–Kier alpha value is -6.06. The van der Waals surface area contributed by atoms with Crippen molar-refractivity contribution in [2.45, 2.75) is 63.0 Å². The second-order valence-electron chi connectivity index (χ2n) is 15.3. The lowest BCUT2D eigenvalue weighted by atomic mass is 9.67. The highest BCUT2D eigenvalue weighted by molar-refractivity contribution is 5.93. The first kappa shape index (κ1) is 33.5. The van der Waals surface area contributed by atoms with Crippen molar-refractivity contribution >= 4 is 23.6 Å². The topological polar surface area (TPSA) is 25.6 Å². The van der Waals surface area contributed by atoms with E-state index in [1.165, 1.54) is 72.5 Å². The molecule has 1 atom stereocenters. The summed E-state index contributed by atoms with van der Waals surface area (Å²) in [4.78, 5) is 2.28. The van der Waals surface area contributed by atoms with Gasteiger partial charge in [-0.2, -0.15) is 0 Å². The highest BCUT2D eigenvalue weighted by Gasteiger charge is 2.47. The van der Waals surface area contributed by atoms with E-state index in [-0.39, 0.29) is 11.6 Å². The van der Waals surface area contributed by atoms with Crippen molar-refractivity contribution in [3.8, 4) is 11.1 Å². The molecule has 4 aliphatic rings. The number of hydrogen-bond donors (Lipinski definition) is 0. The molecule has 6 aromatic rings. The van der Waals surface area contributed by atoms with Crippen molar-refractivity contribution in [1.82, 2.24) is 0 Å². The molecule has 0 bridgehead atoms. The van der Waals surface area contributed by atoms with Crippen molar-refractivity contribution in [1.29, 1.82) is 0 Å². The summed E-state index contributed by atoms with van der Waals surface area (Å²) in [5, 5.41) is 0. The number of allylic oxidation sites excluding steroid dienone is 4. The molecule has 0 saturated heterocycles. The van der Waals surface area contributed by atoms with Gasteiger partial charge in [-0.1, -0.05) is 147 Å². The van der Waals surface area contributed by atoms with Gasteiger partial charge in [0.25, 0.3) is 0 Å². The third-order valence-electron chi connectivity index (χ3n) is 12.9. The van der Waals surface area contributed by atoms with Gasteiger partial charge in [0.05, 0.1) is 17.9 Å². The number of furan rings is 1. The summed E-state index contributed by atoms with van der Waals surface area (Å²) >= 11 is 0. The van der Waals surface area contributed by atoms with Crippen LogP contribution in [0.4, 0.5) is 5.88 Å². The summed E-state index contributed by atoms with van der Waals surface area (Å²) in [6.07, 6.45) is 17.6. The van der Waals surface area contributed by atoms with Crippen molar-refractivity contribution in [2.75, 3.05) is 4.90 Å². The lowest BCUT2D eigenvalue weighted by molar-refractivity contribution is 0.166. The molecule has 1 aromatic heterocycles. The summed E-state index contributed by atoms with van der Waals surface area (Å²) in [6.45, 7) is 4.72. The lowest BCUT2D eigenvalue weighted by Crippen LogP contribution is -2.35. The van der Waals surface area contributed by atoms with Crippen LogP contribution in [0.15, 0.2) is 174 Å². The molecule has 3 heteroatoms. The summed E-state index contributed by atoms with van der Waals surface area (Å²) in [5.74, 6) is 0.838. The molecule has 55 heavy (non-hydrogen) atoms. The van der Waals surface area contributed by atoms with Crippen LogP contribution in [-0.4, -0.2) is 6.23 Å². The first-order chi connectivity index (χ1) is 27.2. The maximum atomic E-state index is 6.07. The number of anilines is 1. The van der Waals surface area contributed by atoms with Gasteiger partial charge in [-0.15, -0.1) is 0 Å². The first-order valence-electron chi connectivity index (χ1n) is 19.9. The predicted octanol–water partition coefficient (Wildman–Crippen LogP) is 13.1. The monoisotopic (exact) mass is 715 g/mol. The van der Waals surface area contributed by atoms with Crippen LogP contribution in [0.3, 0.4) is 0 Å². The van der Waals surface area contributed by atoms with E-state index in [0.29, 0.717) is 0 Å². The van der Waals surface area contributed by atoms with Crippen LogP contribution in [0.25, 0.3) is 28.9 Å². The van der Waals surface area contributed by atoms with Crippen LogP contribution in [0.2, 0.25) is 0 Å². The zero-order valence-electron chi connectivity index (χ0n) is 31.5. The molecule has 0 amide bonds. The van der Waals surface area contributed by atoms with Gasteiger partial charge < -0.3 is 9.15 Å². The molecular formula is C52H45NO2. The van der Waals surface area contributed by atoms with Crippen LogP contribution in [0.1, 0.15) is 90.5 Å². The summed E-state index contributed by atoms with van der Waals surface area (Å²) < 4.78 is 12.0. The number of fused-ring (bicyclic) bond motifs is 5. The van der Waals surface area contributed by atoms with E-state index in [2.05, 4.69) is 164 Å². The van der Waals surface area contributed by atoms with E-state index >= 15 is 0 Å². The highest BCUT2D eigenvalue weighted by Crippen LogP contribution is 2.58. The standard InChI is InChI=1S/C52H45NO2/c1-3-51(4-2)46-34-36(27-30-41(46)42-31-29-40(35-47(42)51)53(48-24-14-32-54-48)49-25-15-33-55-49)26-28-37-16-13-23-45-50(37)43-21-11-12-22-44(43)52(45,38-17-7-5-8-18-38)39-19-9-6-10-20-39/h5-24,26-28,30,32-35,49H,3-4,25,29,31H2,1-2H3/b28-26+. The Morgan fingerprint density at radius 2 is 1.44 bits per heavy atom. The zero-order valence-corrected chi connectivity index (χ0v) is 31.5. The third kappa shape index (κ3) is 5.02. The Bertz CT molecular complexity index is 2470. The lowest BCUT2D eigenvalue weighted by Gasteiger charge is -2.36. The molecule has 10 rings (SSSR count). The average molecular weight is 716 g/mol. The molecule has 270 valence electrons. The number of benzene rings is 5. The molecule has 3 aliphatic carbocycles. The van der Waals surface area contributed by atoms with Crippen molar-refractivity contribution in [2.24, 2.45) is 0 Å². The third-order valence-corrected chi connectivity index (χ3v) is 12.9. The minimum absolute atomic E-state index is 0.0539. The molecule has 5 aromatic carbocycles. The van der Waals surface area contributed by atoms with E-state index < -0.39 is 5.41 Å². The molecule has 2 heterocycles. The second-order valence-corrected chi connectivity index (χ2v) is 15.3. The van der Waals surface area contributed by atoms with Crippen molar-refractivity contribution < 1.29 is 9.15 Å². The largest absolute Gasteiger partial charge is 0.478 e. The van der Waals surface area contributed by atoms with Crippen LogP contribution < -0.4 is 4.90 Å². The molecule has 0 saturated carbocycles. The van der Waals surface area contributed by atoms with Gasteiger partial charge in [-0.25, -0.2) is 0 Å². The molecule has 0 fully saturated rings. The Morgan fingerprint density at radius 3 is 2.15 bits per heavy atom. The summed E-state index contributed by atoms with van der Waals surface area (Å²) in [7, 11) is 0. The van der Waals surface area contributed by atoms with E-state index in [1.807, 2.05) is 18.4 Å². The second kappa shape index (κ2) is 13.4. The molecule has 1 unspecified atom stereocenters. The van der Waals surface area contributed by atoms with E-state index in [4.69, 9.17) is 9.15 Å². The molecule has 0 N–H and O–H groups in total. The van der Waals surface area contributed by atoms with Gasteiger partial charge in [0.15, 0.2) is 6.23 Å². The maximum absolute atomic E-state index is 6.07. The Labute approximate surface area is 324 Å². The van der Waals surface area contributed by atoms with Crippen LogP contribution >= 0.6 is 0 Å². The van der Waals surface area contributed by atoms with Crippen LogP contribution in [-0.2, 0) is 15.6 Å².